The highest BCUT2D eigenvalue weighted by Gasteiger charge is 2.50. The van der Waals surface area contributed by atoms with Crippen molar-refractivity contribution in [1.29, 1.82) is 0 Å². The Bertz CT molecular complexity index is 1040. The number of nitrogens with zero attached hydrogens (tertiary/aromatic N) is 3. The van der Waals surface area contributed by atoms with Crippen molar-refractivity contribution in [1.82, 2.24) is 9.78 Å². The van der Waals surface area contributed by atoms with E-state index in [0.717, 1.165) is 24.4 Å². The Labute approximate surface area is 163 Å². The molecule has 138 valence electrons. The summed E-state index contributed by atoms with van der Waals surface area (Å²) in [5.41, 5.74) is 0.716. The lowest BCUT2D eigenvalue weighted by Gasteiger charge is -2.31. The summed E-state index contributed by atoms with van der Waals surface area (Å²) in [5.74, 6) is 0.919. The van der Waals surface area contributed by atoms with Crippen LogP contribution in [-0.4, -0.2) is 9.78 Å². The summed E-state index contributed by atoms with van der Waals surface area (Å²) in [5, 5.41) is 4.73. The molecule has 1 atom stereocenters. The summed E-state index contributed by atoms with van der Waals surface area (Å²) in [6, 6.07) is 28.6. The smallest absolute Gasteiger partial charge is 0.229 e. The Morgan fingerprint density at radius 3 is 1.93 bits per heavy atom. The molecule has 0 radical (unpaired) electrons. The Kier molecular flexibility index (Phi) is 4.05. The lowest BCUT2D eigenvalue weighted by Crippen LogP contribution is -2.47. The third-order valence-corrected chi connectivity index (χ3v) is 5.60. The summed E-state index contributed by atoms with van der Waals surface area (Å²) < 4.78 is 20.9. The van der Waals surface area contributed by atoms with Gasteiger partial charge in [-0.05, 0) is 29.7 Å². The molecule has 0 unspecified atom stereocenters. The van der Waals surface area contributed by atoms with Gasteiger partial charge in [0.15, 0.2) is 5.67 Å². The van der Waals surface area contributed by atoms with Crippen LogP contribution in [0.3, 0.4) is 0 Å². The van der Waals surface area contributed by atoms with Crippen LogP contribution in [0.1, 0.15) is 29.4 Å². The molecule has 4 heteroatoms. The van der Waals surface area contributed by atoms with Crippen LogP contribution in [-0.2, 0) is 12.1 Å². The zero-order chi connectivity index (χ0) is 19.0. The fourth-order valence-corrected chi connectivity index (χ4v) is 4.24. The number of aryl methyl sites for hydroxylation is 1. The molecule has 0 aliphatic carbocycles. The number of rotatable bonds is 4. The molecule has 0 saturated heterocycles. The van der Waals surface area contributed by atoms with Crippen LogP contribution in [0.5, 0.6) is 0 Å². The first-order chi connectivity index (χ1) is 13.8. The Morgan fingerprint density at radius 1 is 0.821 bits per heavy atom. The quantitative estimate of drug-likeness (QED) is 0.483. The Morgan fingerprint density at radius 2 is 1.36 bits per heavy atom. The second kappa shape index (κ2) is 6.71. The van der Waals surface area contributed by atoms with Crippen molar-refractivity contribution in [3.05, 3.63) is 114 Å². The van der Waals surface area contributed by atoms with Gasteiger partial charge in [-0.25, -0.2) is 8.96 Å². The van der Waals surface area contributed by atoms with Gasteiger partial charge in [-0.3, -0.25) is 0 Å². The molecular formula is C24H21FN3+. The molecule has 0 spiro atoms. The van der Waals surface area contributed by atoms with Gasteiger partial charge in [0.05, 0.1) is 0 Å². The summed E-state index contributed by atoms with van der Waals surface area (Å²) in [4.78, 5) is 0. The van der Waals surface area contributed by atoms with Gasteiger partial charge in [0.2, 0.25) is 6.33 Å². The van der Waals surface area contributed by atoms with Crippen molar-refractivity contribution >= 4 is 0 Å². The van der Waals surface area contributed by atoms with Crippen molar-refractivity contribution in [2.45, 2.75) is 24.6 Å². The average Bonchev–Trinajstić information content (AvgIpc) is 3.36. The molecule has 0 amide bonds. The van der Waals surface area contributed by atoms with Crippen molar-refractivity contribution in [2.24, 2.45) is 0 Å². The van der Waals surface area contributed by atoms with Crippen LogP contribution in [0.25, 0.3) is 5.69 Å². The van der Waals surface area contributed by atoms with Crippen molar-refractivity contribution in [3.63, 3.8) is 0 Å². The van der Waals surface area contributed by atoms with Gasteiger partial charge >= 0.3 is 0 Å². The first-order valence-electron chi connectivity index (χ1n) is 9.62. The highest BCUT2D eigenvalue weighted by molar-refractivity contribution is 5.37. The lowest BCUT2D eigenvalue weighted by molar-refractivity contribution is -0.729. The zero-order valence-corrected chi connectivity index (χ0v) is 15.4. The summed E-state index contributed by atoms with van der Waals surface area (Å²) in [6.07, 6.45) is 3.41. The Balaban J connectivity index is 1.64. The van der Waals surface area contributed by atoms with Gasteiger partial charge in [0.1, 0.15) is 11.7 Å². The molecule has 28 heavy (non-hydrogen) atoms. The number of hydrogen-bond acceptors (Lipinski definition) is 1. The van der Waals surface area contributed by atoms with E-state index in [1.165, 1.54) is 0 Å². The normalized spacial score (nSPS) is 16.1. The zero-order valence-electron chi connectivity index (χ0n) is 15.4. The van der Waals surface area contributed by atoms with Crippen LogP contribution < -0.4 is 4.57 Å². The van der Waals surface area contributed by atoms with Crippen LogP contribution in [0.4, 0.5) is 4.39 Å². The maximum absolute atomic E-state index is 17.0. The van der Waals surface area contributed by atoms with E-state index in [4.69, 9.17) is 5.10 Å². The van der Waals surface area contributed by atoms with Crippen molar-refractivity contribution in [3.8, 4) is 5.69 Å². The molecule has 1 aliphatic rings. The van der Waals surface area contributed by atoms with Gasteiger partial charge in [-0.15, -0.1) is 0 Å². The third kappa shape index (κ3) is 2.64. The molecule has 1 aromatic heterocycles. The fourth-order valence-electron chi connectivity index (χ4n) is 4.24. The number of aromatic nitrogens is 3. The number of alkyl halides is 1. The maximum Gasteiger partial charge on any atom is 0.278 e. The van der Waals surface area contributed by atoms with Gasteiger partial charge < -0.3 is 0 Å². The average molecular weight is 370 g/mol. The van der Waals surface area contributed by atoms with Crippen LogP contribution >= 0.6 is 0 Å². The lowest BCUT2D eigenvalue weighted by atomic mass is 9.81. The molecule has 0 saturated carbocycles. The van der Waals surface area contributed by atoms with E-state index in [0.29, 0.717) is 11.1 Å². The van der Waals surface area contributed by atoms with Crippen LogP contribution in [0.15, 0.2) is 97.3 Å². The first kappa shape index (κ1) is 16.9. The van der Waals surface area contributed by atoms with E-state index >= 15 is 4.39 Å². The standard InChI is InChI=1S/C24H21FN3/c25-24(19-10-4-1-5-11-19,20-12-6-2-7-13-20)22-16-17-23-26-28(18-27(22)23)21-14-8-3-9-15-21/h1-15,18,22H,16-17H2/q+1/t22-/m0/s1. The van der Waals surface area contributed by atoms with E-state index in [2.05, 4.69) is 0 Å². The highest BCUT2D eigenvalue weighted by Crippen LogP contribution is 2.44. The molecule has 1 aliphatic heterocycles. The summed E-state index contributed by atoms with van der Waals surface area (Å²) in [6.45, 7) is 0. The van der Waals surface area contributed by atoms with E-state index in [9.17, 15) is 0 Å². The van der Waals surface area contributed by atoms with Crippen LogP contribution in [0.2, 0.25) is 0 Å². The number of hydrogen-bond donors (Lipinski definition) is 0. The molecule has 4 aromatic rings. The minimum Gasteiger partial charge on any atom is -0.229 e. The molecule has 2 heterocycles. The predicted octanol–water partition coefficient (Wildman–Crippen LogP) is 4.56. The number of benzene rings is 3. The number of para-hydroxylation sites is 1. The second-order valence-corrected chi connectivity index (χ2v) is 7.22. The minimum absolute atomic E-state index is 0.343. The topological polar surface area (TPSA) is 21.7 Å². The largest absolute Gasteiger partial charge is 0.278 e. The molecular weight excluding hydrogens is 349 g/mol. The molecule has 0 bridgehead atoms. The van der Waals surface area contributed by atoms with E-state index < -0.39 is 5.67 Å². The van der Waals surface area contributed by atoms with Crippen molar-refractivity contribution < 1.29 is 8.96 Å². The Hall–Kier alpha value is -3.27. The number of fused-ring (bicyclic) bond motifs is 1. The maximum atomic E-state index is 17.0. The first-order valence-corrected chi connectivity index (χ1v) is 9.62. The van der Waals surface area contributed by atoms with Gasteiger partial charge in [-0.1, -0.05) is 83.5 Å². The van der Waals surface area contributed by atoms with Gasteiger partial charge in [0, 0.05) is 11.5 Å². The van der Waals surface area contributed by atoms with E-state index in [-0.39, 0.29) is 6.04 Å². The van der Waals surface area contributed by atoms with E-state index in [1.54, 1.807) is 0 Å². The molecule has 3 aromatic carbocycles. The third-order valence-electron chi connectivity index (χ3n) is 5.60. The monoisotopic (exact) mass is 370 g/mol. The molecule has 0 N–H and O–H groups in total. The SMILES string of the molecule is FC(c1ccccc1)(c1ccccc1)[C@@H]1CCc2nn(-c3ccccc3)c[n+]21. The molecule has 5 rings (SSSR count). The summed E-state index contributed by atoms with van der Waals surface area (Å²) in [7, 11) is 0. The molecule has 0 fully saturated rings. The molecule has 3 nitrogen and oxygen atoms in total. The highest BCUT2D eigenvalue weighted by atomic mass is 19.1. The van der Waals surface area contributed by atoms with Gasteiger partial charge in [-0.2, -0.15) is 0 Å². The second-order valence-electron chi connectivity index (χ2n) is 7.22. The number of halogens is 1. The van der Waals surface area contributed by atoms with Gasteiger partial charge in [0.25, 0.3) is 5.82 Å². The van der Waals surface area contributed by atoms with Crippen LogP contribution in [0, 0.1) is 0 Å². The fraction of sp³-hybridized carbons (Fsp3) is 0.167. The van der Waals surface area contributed by atoms with Crippen molar-refractivity contribution in [2.75, 3.05) is 0 Å². The summed E-state index contributed by atoms with van der Waals surface area (Å²) >= 11 is 0. The van der Waals surface area contributed by atoms with E-state index in [1.807, 2.05) is 107 Å². The predicted molar refractivity (Wildman–Crippen MR) is 106 cm³/mol. The minimum atomic E-state index is -1.62.